The second-order valence-corrected chi connectivity index (χ2v) is 8.55. The van der Waals surface area contributed by atoms with Crippen LogP contribution in [-0.4, -0.2) is 21.2 Å². The maximum atomic E-state index is 13.3. The molecule has 4 aromatic rings. The lowest BCUT2D eigenvalue weighted by Crippen LogP contribution is -2.25. The lowest BCUT2D eigenvalue weighted by Gasteiger charge is -2.14. The fourth-order valence-corrected chi connectivity index (χ4v) is 4.33. The maximum absolute atomic E-state index is 13.3. The largest absolute Gasteiger partial charge is 0.324 e. The molecule has 0 atom stereocenters. The molecule has 0 aliphatic rings. The summed E-state index contributed by atoms with van der Waals surface area (Å²) in [5.74, 6) is -0.570. The number of carbonyl (C=O) groups is 1. The summed E-state index contributed by atoms with van der Waals surface area (Å²) < 4.78 is 14.8. The SMILES string of the molecule is Cc1cccc(Cl)c1NC(=O)CSc1nc2ccccc2c(=O)n1Cc1ccc(F)cc1. The van der Waals surface area contributed by atoms with Gasteiger partial charge in [-0.15, -0.1) is 0 Å². The van der Waals surface area contributed by atoms with E-state index in [9.17, 15) is 14.0 Å². The molecule has 32 heavy (non-hydrogen) atoms. The number of rotatable bonds is 6. The van der Waals surface area contributed by atoms with Gasteiger partial charge < -0.3 is 5.32 Å². The molecule has 0 saturated heterocycles. The Morgan fingerprint density at radius 1 is 1.09 bits per heavy atom. The van der Waals surface area contributed by atoms with Crippen LogP contribution >= 0.6 is 23.4 Å². The molecule has 0 unspecified atom stereocenters. The average molecular weight is 468 g/mol. The van der Waals surface area contributed by atoms with Crippen LogP contribution in [-0.2, 0) is 11.3 Å². The van der Waals surface area contributed by atoms with Crippen LogP contribution < -0.4 is 10.9 Å². The normalized spacial score (nSPS) is 11.0. The Balaban J connectivity index is 1.62. The topological polar surface area (TPSA) is 64.0 Å². The Kier molecular flexibility index (Phi) is 6.58. The zero-order valence-corrected chi connectivity index (χ0v) is 18.7. The van der Waals surface area contributed by atoms with Crippen LogP contribution in [0.2, 0.25) is 5.02 Å². The first kappa shape index (κ1) is 22.0. The lowest BCUT2D eigenvalue weighted by molar-refractivity contribution is -0.113. The minimum atomic E-state index is -0.348. The number of aromatic nitrogens is 2. The molecular formula is C24H19ClFN3O2S. The summed E-state index contributed by atoms with van der Waals surface area (Å²) in [4.78, 5) is 30.4. The number of hydrogen-bond donors (Lipinski definition) is 1. The van der Waals surface area contributed by atoms with Crippen LogP contribution in [0.15, 0.2) is 76.7 Å². The number of para-hydroxylation sites is 2. The van der Waals surface area contributed by atoms with Crippen LogP contribution in [0.4, 0.5) is 10.1 Å². The minimum Gasteiger partial charge on any atom is -0.324 e. The number of benzene rings is 3. The van der Waals surface area contributed by atoms with E-state index in [-0.39, 0.29) is 29.6 Å². The number of nitrogens with zero attached hydrogens (tertiary/aromatic N) is 2. The predicted molar refractivity (Wildman–Crippen MR) is 127 cm³/mol. The highest BCUT2D eigenvalue weighted by Gasteiger charge is 2.15. The van der Waals surface area contributed by atoms with Gasteiger partial charge in [0.25, 0.3) is 5.56 Å². The molecule has 0 bridgehead atoms. The number of aryl methyl sites for hydroxylation is 1. The van der Waals surface area contributed by atoms with E-state index in [0.717, 1.165) is 22.9 Å². The van der Waals surface area contributed by atoms with E-state index in [1.54, 1.807) is 42.5 Å². The Hall–Kier alpha value is -3.16. The van der Waals surface area contributed by atoms with Gasteiger partial charge >= 0.3 is 0 Å². The smallest absolute Gasteiger partial charge is 0.262 e. The maximum Gasteiger partial charge on any atom is 0.262 e. The van der Waals surface area contributed by atoms with Crippen LogP contribution in [0.5, 0.6) is 0 Å². The third-order valence-electron chi connectivity index (χ3n) is 4.90. The van der Waals surface area contributed by atoms with E-state index in [0.29, 0.717) is 26.8 Å². The summed E-state index contributed by atoms with van der Waals surface area (Å²) in [5, 5.41) is 4.17. The van der Waals surface area contributed by atoms with Crippen LogP contribution in [0.25, 0.3) is 10.9 Å². The fourth-order valence-electron chi connectivity index (χ4n) is 3.27. The molecule has 8 heteroatoms. The highest BCUT2D eigenvalue weighted by molar-refractivity contribution is 7.99. The Labute approximate surface area is 193 Å². The van der Waals surface area contributed by atoms with Crippen molar-refractivity contribution in [3.63, 3.8) is 0 Å². The van der Waals surface area contributed by atoms with Crippen LogP contribution in [0.3, 0.4) is 0 Å². The number of nitrogens with one attached hydrogen (secondary N) is 1. The second-order valence-electron chi connectivity index (χ2n) is 7.20. The first-order valence-electron chi connectivity index (χ1n) is 9.84. The molecule has 0 spiro atoms. The summed E-state index contributed by atoms with van der Waals surface area (Å²) in [6.45, 7) is 2.07. The number of thioether (sulfide) groups is 1. The van der Waals surface area contributed by atoms with Gasteiger partial charge in [-0.1, -0.05) is 59.8 Å². The van der Waals surface area contributed by atoms with Crippen LogP contribution in [0, 0.1) is 12.7 Å². The van der Waals surface area contributed by atoms with Gasteiger partial charge in [0.1, 0.15) is 5.82 Å². The van der Waals surface area contributed by atoms with Crippen molar-refractivity contribution >= 4 is 45.9 Å². The van der Waals surface area contributed by atoms with Crippen LogP contribution in [0.1, 0.15) is 11.1 Å². The third kappa shape index (κ3) is 4.84. The molecule has 1 aromatic heterocycles. The summed E-state index contributed by atoms with van der Waals surface area (Å²) in [5.41, 5.74) is 2.51. The zero-order chi connectivity index (χ0) is 22.7. The molecule has 1 amide bonds. The first-order valence-corrected chi connectivity index (χ1v) is 11.2. The quantitative estimate of drug-likeness (QED) is 0.309. The van der Waals surface area contributed by atoms with Crippen molar-refractivity contribution in [1.29, 1.82) is 0 Å². The molecule has 0 radical (unpaired) electrons. The van der Waals surface area contributed by atoms with Gasteiger partial charge in [0, 0.05) is 0 Å². The van der Waals surface area contributed by atoms with Crippen molar-refractivity contribution in [2.75, 3.05) is 11.1 Å². The number of anilines is 1. The number of carbonyl (C=O) groups excluding carboxylic acids is 1. The Morgan fingerprint density at radius 2 is 1.84 bits per heavy atom. The monoisotopic (exact) mass is 467 g/mol. The summed E-state index contributed by atoms with van der Waals surface area (Å²) in [6, 6.07) is 18.4. The standard InChI is InChI=1S/C24H19ClFN3O2S/c1-15-5-4-7-19(25)22(15)28-21(30)14-32-24-27-20-8-3-2-6-18(20)23(31)29(24)13-16-9-11-17(26)12-10-16/h2-12H,13-14H2,1H3,(H,28,30). The molecule has 3 aromatic carbocycles. The van der Waals surface area contributed by atoms with Crippen molar-refractivity contribution < 1.29 is 9.18 Å². The van der Waals surface area contributed by atoms with E-state index < -0.39 is 0 Å². The highest BCUT2D eigenvalue weighted by atomic mass is 35.5. The van der Waals surface area contributed by atoms with E-state index in [1.807, 2.05) is 19.1 Å². The van der Waals surface area contributed by atoms with Crippen molar-refractivity contribution in [1.82, 2.24) is 9.55 Å². The highest BCUT2D eigenvalue weighted by Crippen LogP contribution is 2.26. The van der Waals surface area contributed by atoms with E-state index >= 15 is 0 Å². The van der Waals surface area contributed by atoms with Crippen molar-refractivity contribution in [3.8, 4) is 0 Å². The summed E-state index contributed by atoms with van der Waals surface area (Å²) >= 11 is 7.36. The summed E-state index contributed by atoms with van der Waals surface area (Å²) in [6.07, 6.45) is 0. The van der Waals surface area contributed by atoms with E-state index in [4.69, 9.17) is 11.6 Å². The minimum absolute atomic E-state index is 0.0405. The average Bonchev–Trinajstić information content (AvgIpc) is 2.78. The Morgan fingerprint density at radius 3 is 2.59 bits per heavy atom. The molecule has 5 nitrogen and oxygen atoms in total. The molecule has 1 heterocycles. The second kappa shape index (κ2) is 9.54. The van der Waals surface area contributed by atoms with E-state index in [2.05, 4.69) is 10.3 Å². The third-order valence-corrected chi connectivity index (χ3v) is 6.19. The first-order chi connectivity index (χ1) is 15.4. The van der Waals surface area contributed by atoms with Crippen molar-refractivity contribution in [3.05, 3.63) is 99.1 Å². The number of amides is 1. The van der Waals surface area contributed by atoms with Gasteiger partial charge in [-0.25, -0.2) is 9.37 Å². The predicted octanol–water partition coefficient (Wildman–Crippen LogP) is 5.28. The van der Waals surface area contributed by atoms with Crippen molar-refractivity contribution in [2.45, 2.75) is 18.6 Å². The van der Waals surface area contributed by atoms with Gasteiger partial charge in [0.2, 0.25) is 5.91 Å². The number of hydrogen-bond acceptors (Lipinski definition) is 4. The fraction of sp³-hybridized carbons (Fsp3) is 0.125. The molecule has 0 saturated carbocycles. The van der Waals surface area contributed by atoms with Crippen molar-refractivity contribution in [2.24, 2.45) is 0 Å². The lowest BCUT2D eigenvalue weighted by atomic mass is 10.2. The van der Waals surface area contributed by atoms with E-state index in [1.165, 1.54) is 16.7 Å². The molecule has 0 aliphatic heterocycles. The molecule has 162 valence electrons. The molecule has 4 rings (SSSR count). The number of halogens is 2. The molecule has 0 fully saturated rings. The molecule has 0 aliphatic carbocycles. The zero-order valence-electron chi connectivity index (χ0n) is 17.1. The van der Waals surface area contributed by atoms with Gasteiger partial charge in [-0.2, -0.15) is 0 Å². The summed E-state index contributed by atoms with van der Waals surface area (Å²) in [7, 11) is 0. The van der Waals surface area contributed by atoms with Gasteiger partial charge in [-0.05, 0) is 48.4 Å². The van der Waals surface area contributed by atoms with Gasteiger partial charge in [-0.3, -0.25) is 14.2 Å². The van der Waals surface area contributed by atoms with Gasteiger partial charge in [0.15, 0.2) is 5.16 Å². The molecule has 1 N–H and O–H groups in total. The Bertz CT molecular complexity index is 1340. The number of fused-ring (bicyclic) bond motifs is 1. The van der Waals surface area contributed by atoms with Gasteiger partial charge in [0.05, 0.1) is 33.9 Å². The molecular weight excluding hydrogens is 449 g/mol.